The first-order valence-corrected chi connectivity index (χ1v) is 8.28. The molecule has 1 aromatic carbocycles. The molecule has 3 rings (SSSR count). The van der Waals surface area contributed by atoms with Crippen molar-refractivity contribution in [3.8, 4) is 0 Å². The predicted octanol–water partition coefficient (Wildman–Crippen LogP) is 3.04. The van der Waals surface area contributed by atoms with Gasteiger partial charge in [0.2, 0.25) is 0 Å². The van der Waals surface area contributed by atoms with Crippen LogP contribution in [-0.2, 0) is 12.8 Å². The number of nitrogens with zero attached hydrogens (tertiary/aromatic N) is 1. The fourth-order valence-electron chi connectivity index (χ4n) is 3.32. The van der Waals surface area contributed by atoms with E-state index in [0.717, 1.165) is 43.5 Å². The topological polar surface area (TPSA) is 45.1 Å². The second kappa shape index (κ2) is 7.66. The molecule has 0 spiro atoms. The maximum Gasteiger partial charge on any atom is 0.123 e. The van der Waals surface area contributed by atoms with Crippen molar-refractivity contribution >= 4 is 0 Å². The van der Waals surface area contributed by atoms with Gasteiger partial charge in [0, 0.05) is 31.1 Å². The molecule has 0 bridgehead atoms. The molecule has 23 heavy (non-hydrogen) atoms. The Bertz CT molecular complexity index is 633. The summed E-state index contributed by atoms with van der Waals surface area (Å²) in [6, 6.07) is 11.2. The van der Waals surface area contributed by atoms with Crippen molar-refractivity contribution < 1.29 is 9.50 Å². The summed E-state index contributed by atoms with van der Waals surface area (Å²) in [7, 11) is 0. The summed E-state index contributed by atoms with van der Waals surface area (Å²) in [5, 5.41) is 13.2. The minimum atomic E-state index is -0.159. The normalized spacial score (nSPS) is 18.4. The fourth-order valence-corrected chi connectivity index (χ4v) is 3.32. The van der Waals surface area contributed by atoms with Crippen molar-refractivity contribution in [3.05, 3.63) is 65.2 Å². The van der Waals surface area contributed by atoms with Crippen LogP contribution in [0.25, 0.3) is 0 Å². The number of benzene rings is 1. The van der Waals surface area contributed by atoms with E-state index in [4.69, 9.17) is 0 Å². The van der Waals surface area contributed by atoms with Crippen molar-refractivity contribution in [2.75, 3.05) is 13.2 Å². The largest absolute Gasteiger partial charge is 0.396 e. The highest BCUT2D eigenvalue weighted by molar-refractivity contribution is 5.32. The molecule has 4 heteroatoms. The molecule has 2 atom stereocenters. The molecule has 1 heterocycles. The minimum Gasteiger partial charge on any atom is -0.396 e. The first-order valence-electron chi connectivity index (χ1n) is 8.28. The molecule has 1 aromatic heterocycles. The average molecular weight is 314 g/mol. The van der Waals surface area contributed by atoms with Crippen molar-refractivity contribution in [3.63, 3.8) is 0 Å². The van der Waals surface area contributed by atoms with E-state index in [-0.39, 0.29) is 24.4 Å². The summed E-state index contributed by atoms with van der Waals surface area (Å²) in [4.78, 5) is 4.33. The molecule has 1 aliphatic rings. The van der Waals surface area contributed by atoms with Gasteiger partial charge in [0.15, 0.2) is 0 Å². The van der Waals surface area contributed by atoms with Gasteiger partial charge in [-0.15, -0.1) is 0 Å². The van der Waals surface area contributed by atoms with Crippen LogP contribution in [0.2, 0.25) is 0 Å². The molecule has 0 radical (unpaired) electrons. The van der Waals surface area contributed by atoms with Gasteiger partial charge in [-0.3, -0.25) is 4.98 Å². The first kappa shape index (κ1) is 16.1. The second-order valence-corrected chi connectivity index (χ2v) is 6.27. The van der Waals surface area contributed by atoms with Gasteiger partial charge in [0.25, 0.3) is 0 Å². The van der Waals surface area contributed by atoms with Gasteiger partial charge < -0.3 is 10.4 Å². The van der Waals surface area contributed by atoms with Crippen molar-refractivity contribution in [1.29, 1.82) is 0 Å². The Hall–Kier alpha value is -1.78. The Labute approximate surface area is 136 Å². The molecule has 0 saturated heterocycles. The zero-order chi connectivity index (χ0) is 16.1. The van der Waals surface area contributed by atoms with E-state index >= 15 is 0 Å². The quantitative estimate of drug-likeness (QED) is 0.861. The standard InChI is InChI=1S/C19H23FN2O/c20-16-7-8-18-15(11-16)4-3-6-19(18)22-12-14(13-23)10-17-5-1-2-9-21-17/h1-2,5,7-9,11,14,19,22-23H,3-4,6,10,12-13H2/t14-,19-/m1/s1. The Morgan fingerprint density at radius 2 is 2.22 bits per heavy atom. The first-order chi connectivity index (χ1) is 11.3. The third-order valence-electron chi connectivity index (χ3n) is 4.55. The van der Waals surface area contributed by atoms with Gasteiger partial charge in [0.05, 0.1) is 0 Å². The van der Waals surface area contributed by atoms with E-state index < -0.39 is 0 Å². The van der Waals surface area contributed by atoms with Crippen LogP contribution in [0.1, 0.15) is 35.7 Å². The van der Waals surface area contributed by atoms with E-state index in [0.29, 0.717) is 0 Å². The lowest BCUT2D eigenvalue weighted by atomic mass is 9.87. The number of fused-ring (bicyclic) bond motifs is 1. The third-order valence-corrected chi connectivity index (χ3v) is 4.55. The molecule has 0 amide bonds. The van der Waals surface area contributed by atoms with Crippen LogP contribution in [-0.4, -0.2) is 23.2 Å². The minimum absolute atomic E-state index is 0.132. The molecular weight excluding hydrogens is 291 g/mol. The smallest absolute Gasteiger partial charge is 0.123 e. The van der Waals surface area contributed by atoms with Gasteiger partial charge in [-0.25, -0.2) is 4.39 Å². The molecule has 1 aliphatic carbocycles. The predicted molar refractivity (Wildman–Crippen MR) is 88.6 cm³/mol. The number of aromatic nitrogens is 1. The second-order valence-electron chi connectivity index (χ2n) is 6.27. The Kier molecular flexibility index (Phi) is 5.36. The molecule has 122 valence electrons. The summed E-state index contributed by atoms with van der Waals surface area (Å²) in [6.07, 6.45) is 5.61. The monoisotopic (exact) mass is 314 g/mol. The molecule has 3 nitrogen and oxygen atoms in total. The molecular formula is C19H23FN2O. The summed E-state index contributed by atoms with van der Waals surface area (Å²) in [5.41, 5.74) is 3.31. The van der Waals surface area contributed by atoms with Gasteiger partial charge >= 0.3 is 0 Å². The fraction of sp³-hybridized carbons (Fsp3) is 0.421. The molecule has 2 aromatic rings. The van der Waals surface area contributed by atoms with Crippen LogP contribution < -0.4 is 5.32 Å². The van der Waals surface area contributed by atoms with Crippen LogP contribution in [0.4, 0.5) is 4.39 Å². The van der Waals surface area contributed by atoms with Crippen LogP contribution >= 0.6 is 0 Å². The number of hydrogen-bond donors (Lipinski definition) is 2. The van der Waals surface area contributed by atoms with Gasteiger partial charge in [-0.2, -0.15) is 0 Å². The number of halogens is 1. The van der Waals surface area contributed by atoms with Gasteiger partial charge in [-0.05, 0) is 67.0 Å². The van der Waals surface area contributed by atoms with Crippen LogP contribution in [0.5, 0.6) is 0 Å². The Balaban J connectivity index is 1.61. The Morgan fingerprint density at radius 1 is 1.30 bits per heavy atom. The van der Waals surface area contributed by atoms with Crippen LogP contribution in [0.3, 0.4) is 0 Å². The Morgan fingerprint density at radius 3 is 3.00 bits per heavy atom. The lowest BCUT2D eigenvalue weighted by Crippen LogP contribution is -2.32. The lowest BCUT2D eigenvalue weighted by molar-refractivity contribution is 0.215. The highest BCUT2D eigenvalue weighted by Crippen LogP contribution is 2.30. The van der Waals surface area contributed by atoms with E-state index in [9.17, 15) is 9.50 Å². The van der Waals surface area contributed by atoms with Gasteiger partial charge in [-0.1, -0.05) is 12.1 Å². The van der Waals surface area contributed by atoms with Crippen LogP contribution in [0.15, 0.2) is 42.6 Å². The van der Waals surface area contributed by atoms with E-state index in [1.54, 1.807) is 12.3 Å². The highest BCUT2D eigenvalue weighted by Gasteiger charge is 2.21. The summed E-state index contributed by atoms with van der Waals surface area (Å²) >= 11 is 0. The number of aliphatic hydroxyl groups is 1. The lowest BCUT2D eigenvalue weighted by Gasteiger charge is -2.28. The number of aryl methyl sites for hydroxylation is 1. The zero-order valence-corrected chi connectivity index (χ0v) is 13.2. The summed E-state index contributed by atoms with van der Waals surface area (Å²) < 4.78 is 13.4. The van der Waals surface area contributed by atoms with E-state index in [1.165, 1.54) is 11.6 Å². The number of aliphatic hydroxyl groups excluding tert-OH is 1. The van der Waals surface area contributed by atoms with Crippen molar-refractivity contribution in [2.24, 2.45) is 5.92 Å². The number of rotatable bonds is 6. The summed E-state index contributed by atoms with van der Waals surface area (Å²) in [6.45, 7) is 0.862. The van der Waals surface area contributed by atoms with E-state index in [1.807, 2.05) is 24.3 Å². The maximum atomic E-state index is 13.4. The zero-order valence-electron chi connectivity index (χ0n) is 13.2. The number of nitrogens with one attached hydrogen (secondary N) is 1. The molecule has 0 saturated carbocycles. The molecule has 0 unspecified atom stereocenters. The summed E-state index contributed by atoms with van der Waals surface area (Å²) in [5.74, 6) is -0.0245. The third kappa shape index (κ3) is 4.15. The maximum absolute atomic E-state index is 13.4. The average Bonchev–Trinajstić information content (AvgIpc) is 2.59. The molecule has 0 aliphatic heterocycles. The van der Waals surface area contributed by atoms with Crippen molar-refractivity contribution in [1.82, 2.24) is 10.3 Å². The van der Waals surface area contributed by atoms with Crippen LogP contribution in [0, 0.1) is 11.7 Å². The van der Waals surface area contributed by atoms with Crippen molar-refractivity contribution in [2.45, 2.75) is 31.7 Å². The molecule has 0 fully saturated rings. The number of pyridine rings is 1. The van der Waals surface area contributed by atoms with Gasteiger partial charge in [0.1, 0.15) is 5.82 Å². The number of hydrogen-bond acceptors (Lipinski definition) is 3. The SMILES string of the molecule is OC[C@@H](CN[C@@H]1CCCc2cc(F)ccc21)Cc1ccccn1. The highest BCUT2D eigenvalue weighted by atomic mass is 19.1. The molecule has 2 N–H and O–H groups in total. The van der Waals surface area contributed by atoms with E-state index in [2.05, 4.69) is 10.3 Å².